The van der Waals surface area contributed by atoms with E-state index in [-0.39, 0.29) is 17.5 Å². The topological polar surface area (TPSA) is 55.8 Å². The lowest BCUT2D eigenvalue weighted by molar-refractivity contribution is -0.137. The van der Waals surface area contributed by atoms with E-state index < -0.39 is 5.60 Å². The number of esters is 1. The number of cyclic esters (lactones) is 1. The molecule has 0 unspecified atom stereocenters. The van der Waals surface area contributed by atoms with E-state index >= 15 is 0 Å². The Morgan fingerprint density at radius 3 is 2.39 bits per heavy atom. The number of carbonyl (C=O) groups excluding carboxylic acids is 2. The molecule has 2 saturated heterocycles. The second-order valence-corrected chi connectivity index (χ2v) is 6.30. The van der Waals surface area contributed by atoms with Crippen molar-refractivity contribution in [1.82, 2.24) is 4.90 Å². The summed E-state index contributed by atoms with van der Waals surface area (Å²) in [5.41, 5.74) is -0.492. The van der Waals surface area contributed by atoms with Crippen molar-refractivity contribution in [3.63, 3.8) is 0 Å². The minimum Gasteiger partial charge on any atom is -0.465 e. The molecule has 0 atom stereocenters. The van der Waals surface area contributed by atoms with E-state index in [4.69, 9.17) is 9.47 Å². The quantitative estimate of drug-likeness (QED) is 0.621. The second kappa shape index (κ2) is 4.44. The Balaban J connectivity index is 1.87. The normalized spacial score (nSPS) is 23.1. The lowest BCUT2D eigenvalue weighted by Gasteiger charge is -2.37. The first-order valence-corrected chi connectivity index (χ1v) is 6.43. The van der Waals surface area contributed by atoms with Crippen LogP contribution in [0.5, 0.6) is 0 Å². The van der Waals surface area contributed by atoms with Gasteiger partial charge in [-0.05, 0) is 33.6 Å². The summed E-state index contributed by atoms with van der Waals surface area (Å²) in [5.74, 6) is -0.110. The Bertz CT molecular complexity index is 350. The molecule has 2 rings (SSSR count). The predicted octanol–water partition coefficient (Wildman–Crippen LogP) is 1.95. The van der Waals surface area contributed by atoms with Crippen LogP contribution in [0.3, 0.4) is 0 Å². The molecule has 18 heavy (non-hydrogen) atoms. The Kier molecular flexibility index (Phi) is 3.25. The average Bonchev–Trinajstić information content (AvgIpc) is 2.58. The molecule has 5 heteroatoms. The maximum Gasteiger partial charge on any atom is 0.410 e. The zero-order valence-corrected chi connectivity index (χ0v) is 11.3. The molecule has 1 spiro atoms. The maximum atomic E-state index is 11.9. The standard InChI is InChI=1S/C13H21NO4/c1-12(2,3)18-11(16)14-6-4-13(5-7-14)8-10(15)17-9-13/h4-9H2,1-3H3. The van der Waals surface area contributed by atoms with Crippen LogP contribution in [0.4, 0.5) is 4.79 Å². The molecule has 102 valence electrons. The molecule has 2 aliphatic rings. The molecule has 1 amide bonds. The lowest BCUT2D eigenvalue weighted by atomic mass is 9.78. The second-order valence-electron chi connectivity index (χ2n) is 6.30. The molecule has 0 aliphatic carbocycles. The summed E-state index contributed by atoms with van der Waals surface area (Å²) in [6.45, 7) is 7.38. The summed E-state index contributed by atoms with van der Waals surface area (Å²) in [6, 6.07) is 0. The predicted molar refractivity (Wildman–Crippen MR) is 65.1 cm³/mol. The summed E-state index contributed by atoms with van der Waals surface area (Å²) in [4.78, 5) is 24.8. The van der Waals surface area contributed by atoms with Crippen LogP contribution in [-0.4, -0.2) is 42.3 Å². The van der Waals surface area contributed by atoms with Crippen LogP contribution in [-0.2, 0) is 14.3 Å². The molecule has 0 saturated carbocycles. The van der Waals surface area contributed by atoms with Crippen molar-refractivity contribution in [2.45, 2.75) is 45.6 Å². The minimum atomic E-state index is -0.460. The van der Waals surface area contributed by atoms with Gasteiger partial charge < -0.3 is 14.4 Å². The van der Waals surface area contributed by atoms with E-state index in [0.29, 0.717) is 26.1 Å². The highest BCUT2D eigenvalue weighted by Crippen LogP contribution is 2.39. The maximum absolute atomic E-state index is 11.9. The van der Waals surface area contributed by atoms with Crippen molar-refractivity contribution in [3.05, 3.63) is 0 Å². The molecule has 2 aliphatic heterocycles. The van der Waals surface area contributed by atoms with E-state index in [1.807, 2.05) is 20.8 Å². The molecular formula is C13H21NO4. The van der Waals surface area contributed by atoms with Gasteiger partial charge in [-0.25, -0.2) is 4.79 Å². The van der Waals surface area contributed by atoms with Gasteiger partial charge in [0.1, 0.15) is 5.60 Å². The Labute approximate surface area is 107 Å². The molecule has 0 bridgehead atoms. The number of nitrogens with zero attached hydrogens (tertiary/aromatic N) is 1. The van der Waals surface area contributed by atoms with E-state index in [2.05, 4.69) is 0 Å². The van der Waals surface area contributed by atoms with Gasteiger partial charge in [-0.3, -0.25) is 4.79 Å². The number of piperidine rings is 1. The molecule has 0 aromatic rings. The van der Waals surface area contributed by atoms with Gasteiger partial charge >= 0.3 is 12.1 Å². The molecule has 0 aromatic carbocycles. The van der Waals surface area contributed by atoms with E-state index in [1.165, 1.54) is 0 Å². The zero-order valence-electron chi connectivity index (χ0n) is 11.3. The highest BCUT2D eigenvalue weighted by atomic mass is 16.6. The van der Waals surface area contributed by atoms with Crippen molar-refractivity contribution in [2.24, 2.45) is 5.41 Å². The zero-order chi connectivity index (χ0) is 13.4. The highest BCUT2D eigenvalue weighted by Gasteiger charge is 2.43. The van der Waals surface area contributed by atoms with Crippen LogP contribution in [0.2, 0.25) is 0 Å². The van der Waals surface area contributed by atoms with Crippen molar-refractivity contribution in [3.8, 4) is 0 Å². The van der Waals surface area contributed by atoms with Crippen LogP contribution in [0, 0.1) is 5.41 Å². The van der Waals surface area contributed by atoms with Crippen LogP contribution >= 0.6 is 0 Å². The summed E-state index contributed by atoms with van der Waals surface area (Å²) in [5, 5.41) is 0. The van der Waals surface area contributed by atoms with Crippen LogP contribution < -0.4 is 0 Å². The number of hydrogen-bond donors (Lipinski definition) is 0. The summed E-state index contributed by atoms with van der Waals surface area (Å²) in [7, 11) is 0. The fourth-order valence-electron chi connectivity index (χ4n) is 2.45. The summed E-state index contributed by atoms with van der Waals surface area (Å²) in [6.07, 6.45) is 1.87. The largest absolute Gasteiger partial charge is 0.465 e. The van der Waals surface area contributed by atoms with Gasteiger partial charge in [0.2, 0.25) is 0 Å². The Hall–Kier alpha value is -1.26. The molecular weight excluding hydrogens is 234 g/mol. The molecule has 0 N–H and O–H groups in total. The first-order chi connectivity index (χ1) is 8.30. The first kappa shape index (κ1) is 13.2. The van der Waals surface area contributed by atoms with E-state index in [1.54, 1.807) is 4.90 Å². The minimum absolute atomic E-state index is 0.0321. The van der Waals surface area contributed by atoms with Crippen molar-refractivity contribution < 1.29 is 19.1 Å². The number of carbonyl (C=O) groups is 2. The number of amides is 1. The third-order valence-corrected chi connectivity index (χ3v) is 3.53. The number of rotatable bonds is 0. The van der Waals surface area contributed by atoms with Crippen molar-refractivity contribution in [2.75, 3.05) is 19.7 Å². The van der Waals surface area contributed by atoms with Crippen molar-refractivity contribution in [1.29, 1.82) is 0 Å². The Morgan fingerprint density at radius 1 is 1.33 bits per heavy atom. The number of hydrogen-bond acceptors (Lipinski definition) is 4. The van der Waals surface area contributed by atoms with Gasteiger partial charge in [-0.15, -0.1) is 0 Å². The Morgan fingerprint density at radius 2 is 1.94 bits per heavy atom. The lowest BCUT2D eigenvalue weighted by Crippen LogP contribution is -2.45. The highest BCUT2D eigenvalue weighted by molar-refractivity contribution is 5.73. The third-order valence-electron chi connectivity index (χ3n) is 3.53. The van der Waals surface area contributed by atoms with Gasteiger partial charge in [0.15, 0.2) is 0 Å². The van der Waals surface area contributed by atoms with E-state index in [0.717, 1.165) is 12.8 Å². The smallest absolute Gasteiger partial charge is 0.410 e. The number of likely N-dealkylation sites (tertiary alicyclic amines) is 1. The molecule has 2 heterocycles. The molecule has 0 aromatic heterocycles. The van der Waals surface area contributed by atoms with Crippen LogP contribution in [0.1, 0.15) is 40.0 Å². The summed E-state index contributed by atoms with van der Waals surface area (Å²) >= 11 is 0. The fourth-order valence-corrected chi connectivity index (χ4v) is 2.45. The third kappa shape index (κ3) is 2.94. The van der Waals surface area contributed by atoms with Gasteiger partial charge in [-0.2, -0.15) is 0 Å². The first-order valence-electron chi connectivity index (χ1n) is 6.43. The average molecular weight is 255 g/mol. The fraction of sp³-hybridized carbons (Fsp3) is 0.846. The van der Waals surface area contributed by atoms with Crippen LogP contribution in [0.15, 0.2) is 0 Å². The number of ether oxygens (including phenoxy) is 2. The van der Waals surface area contributed by atoms with Crippen LogP contribution in [0.25, 0.3) is 0 Å². The van der Waals surface area contributed by atoms with E-state index in [9.17, 15) is 9.59 Å². The van der Waals surface area contributed by atoms with Gasteiger partial charge in [-0.1, -0.05) is 0 Å². The van der Waals surface area contributed by atoms with Gasteiger partial charge in [0.05, 0.1) is 13.0 Å². The molecule has 0 radical (unpaired) electrons. The summed E-state index contributed by atoms with van der Waals surface area (Å²) < 4.78 is 10.4. The molecule has 2 fully saturated rings. The SMILES string of the molecule is CC(C)(C)OC(=O)N1CCC2(CC1)COC(=O)C2. The monoisotopic (exact) mass is 255 g/mol. The molecule has 5 nitrogen and oxygen atoms in total. The van der Waals surface area contributed by atoms with Gasteiger partial charge in [0, 0.05) is 18.5 Å². The van der Waals surface area contributed by atoms with Gasteiger partial charge in [0.25, 0.3) is 0 Å². The van der Waals surface area contributed by atoms with Crippen molar-refractivity contribution >= 4 is 12.1 Å².